The molecule has 1 aliphatic heterocycles. The molecule has 2 heterocycles. The Morgan fingerprint density at radius 1 is 1.33 bits per heavy atom. The van der Waals surface area contributed by atoms with Crippen LogP contribution in [0.4, 0.5) is 5.69 Å². The van der Waals surface area contributed by atoms with Gasteiger partial charge in [0.15, 0.2) is 0 Å². The van der Waals surface area contributed by atoms with E-state index in [1.165, 1.54) is 36.8 Å². The van der Waals surface area contributed by atoms with E-state index in [2.05, 4.69) is 10.00 Å². The van der Waals surface area contributed by atoms with Gasteiger partial charge >= 0.3 is 5.97 Å². The number of carboxylic acids is 1. The van der Waals surface area contributed by atoms with E-state index in [-0.39, 0.29) is 6.54 Å². The second-order valence-electron chi connectivity index (χ2n) is 5.71. The first kappa shape index (κ1) is 11.6. The van der Waals surface area contributed by atoms with Crippen molar-refractivity contribution < 1.29 is 9.90 Å². The Morgan fingerprint density at radius 3 is 2.72 bits per heavy atom. The molecule has 18 heavy (non-hydrogen) atoms. The number of hydrogen-bond donors (Lipinski definition) is 1. The standard InChI is InChI=1S/C13H19N3O2/c17-12(18)8-16-7-11(6-14-16)15-9-13(10-15)4-2-1-3-5-13/h6-7H,1-5,8-10H2,(H,17,18). The minimum Gasteiger partial charge on any atom is -0.480 e. The molecule has 5 heteroatoms. The summed E-state index contributed by atoms with van der Waals surface area (Å²) >= 11 is 0. The molecule has 0 amide bonds. The van der Waals surface area contributed by atoms with Crippen LogP contribution in [0.5, 0.6) is 0 Å². The number of carboxylic acid groups (broad SMARTS) is 1. The summed E-state index contributed by atoms with van der Waals surface area (Å²) in [7, 11) is 0. The monoisotopic (exact) mass is 249 g/mol. The number of hydrogen-bond acceptors (Lipinski definition) is 3. The number of aliphatic carboxylic acids is 1. The predicted octanol–water partition coefficient (Wildman–Crippen LogP) is 1.74. The largest absolute Gasteiger partial charge is 0.480 e. The van der Waals surface area contributed by atoms with Crippen LogP contribution in [0.25, 0.3) is 0 Å². The summed E-state index contributed by atoms with van der Waals surface area (Å²) in [5.41, 5.74) is 1.61. The number of aromatic nitrogens is 2. The minimum absolute atomic E-state index is 0.0566. The molecule has 1 aromatic rings. The van der Waals surface area contributed by atoms with Crippen LogP contribution in [0.2, 0.25) is 0 Å². The highest BCUT2D eigenvalue weighted by Crippen LogP contribution is 2.45. The van der Waals surface area contributed by atoms with Crippen molar-refractivity contribution in [3.8, 4) is 0 Å². The lowest BCUT2D eigenvalue weighted by Crippen LogP contribution is -2.57. The summed E-state index contributed by atoms with van der Waals surface area (Å²) in [6, 6.07) is 0. The molecule has 2 aliphatic rings. The third-order valence-electron chi connectivity index (χ3n) is 4.25. The Bertz CT molecular complexity index is 441. The number of nitrogens with zero attached hydrogens (tertiary/aromatic N) is 3. The molecule has 1 saturated carbocycles. The van der Waals surface area contributed by atoms with E-state index < -0.39 is 5.97 Å². The maximum atomic E-state index is 10.6. The Balaban J connectivity index is 1.60. The van der Waals surface area contributed by atoms with E-state index in [4.69, 9.17) is 5.11 Å². The summed E-state index contributed by atoms with van der Waals surface area (Å²) in [4.78, 5) is 12.9. The summed E-state index contributed by atoms with van der Waals surface area (Å²) in [5.74, 6) is -0.850. The van der Waals surface area contributed by atoms with Gasteiger partial charge < -0.3 is 10.0 Å². The van der Waals surface area contributed by atoms with Gasteiger partial charge in [-0.3, -0.25) is 9.48 Å². The van der Waals surface area contributed by atoms with Crippen molar-refractivity contribution in [3.05, 3.63) is 12.4 Å². The fourth-order valence-corrected chi connectivity index (χ4v) is 3.31. The summed E-state index contributed by atoms with van der Waals surface area (Å²) in [6.45, 7) is 2.18. The van der Waals surface area contributed by atoms with Crippen molar-refractivity contribution in [1.82, 2.24) is 9.78 Å². The average Bonchev–Trinajstić information content (AvgIpc) is 2.74. The Morgan fingerprint density at radius 2 is 2.06 bits per heavy atom. The molecular weight excluding hydrogens is 230 g/mol. The fourth-order valence-electron chi connectivity index (χ4n) is 3.31. The zero-order valence-electron chi connectivity index (χ0n) is 10.5. The van der Waals surface area contributed by atoms with Crippen molar-refractivity contribution in [2.75, 3.05) is 18.0 Å². The van der Waals surface area contributed by atoms with Crippen LogP contribution in [-0.2, 0) is 11.3 Å². The molecule has 0 aromatic carbocycles. The summed E-state index contributed by atoms with van der Waals surface area (Å²) in [5, 5.41) is 12.8. The van der Waals surface area contributed by atoms with Gasteiger partial charge in [0, 0.05) is 24.7 Å². The van der Waals surface area contributed by atoms with Crippen LogP contribution in [0.1, 0.15) is 32.1 Å². The second-order valence-corrected chi connectivity index (χ2v) is 5.71. The number of carbonyl (C=O) groups is 1. The molecular formula is C13H19N3O2. The Kier molecular flexibility index (Phi) is 2.76. The van der Waals surface area contributed by atoms with Gasteiger partial charge in [-0.15, -0.1) is 0 Å². The number of rotatable bonds is 3. The van der Waals surface area contributed by atoms with E-state index in [0.717, 1.165) is 18.8 Å². The molecule has 1 N–H and O–H groups in total. The van der Waals surface area contributed by atoms with E-state index >= 15 is 0 Å². The Hall–Kier alpha value is -1.52. The molecule has 0 bridgehead atoms. The lowest BCUT2D eigenvalue weighted by Gasteiger charge is -2.53. The van der Waals surface area contributed by atoms with Gasteiger partial charge in [-0.25, -0.2) is 0 Å². The first-order valence-corrected chi connectivity index (χ1v) is 6.66. The van der Waals surface area contributed by atoms with Crippen LogP contribution in [-0.4, -0.2) is 33.9 Å². The maximum absolute atomic E-state index is 10.6. The van der Waals surface area contributed by atoms with Gasteiger partial charge in [0.2, 0.25) is 0 Å². The SMILES string of the molecule is O=C(O)Cn1cc(N2CC3(CCCCC3)C2)cn1. The quantitative estimate of drug-likeness (QED) is 0.886. The van der Waals surface area contributed by atoms with Crippen LogP contribution >= 0.6 is 0 Å². The van der Waals surface area contributed by atoms with E-state index in [9.17, 15) is 4.79 Å². The van der Waals surface area contributed by atoms with Gasteiger partial charge in [-0.1, -0.05) is 19.3 Å². The van der Waals surface area contributed by atoms with E-state index in [1.54, 1.807) is 6.20 Å². The topological polar surface area (TPSA) is 58.4 Å². The first-order chi connectivity index (χ1) is 8.67. The van der Waals surface area contributed by atoms with E-state index in [1.807, 2.05) is 6.20 Å². The molecule has 98 valence electrons. The molecule has 0 radical (unpaired) electrons. The molecule has 0 atom stereocenters. The highest BCUT2D eigenvalue weighted by atomic mass is 16.4. The van der Waals surface area contributed by atoms with Gasteiger partial charge in [-0.05, 0) is 12.8 Å². The smallest absolute Gasteiger partial charge is 0.325 e. The fraction of sp³-hybridized carbons (Fsp3) is 0.692. The zero-order valence-corrected chi connectivity index (χ0v) is 10.5. The molecule has 5 nitrogen and oxygen atoms in total. The van der Waals surface area contributed by atoms with Crippen molar-refractivity contribution in [1.29, 1.82) is 0 Å². The second kappa shape index (κ2) is 4.30. The third-order valence-corrected chi connectivity index (χ3v) is 4.25. The highest BCUT2D eigenvalue weighted by Gasteiger charge is 2.43. The molecule has 1 saturated heterocycles. The Labute approximate surface area is 106 Å². The lowest BCUT2D eigenvalue weighted by atomic mass is 9.68. The molecule has 1 aromatic heterocycles. The van der Waals surface area contributed by atoms with Crippen LogP contribution in [0.15, 0.2) is 12.4 Å². The molecule has 1 spiro atoms. The maximum Gasteiger partial charge on any atom is 0.325 e. The highest BCUT2D eigenvalue weighted by molar-refractivity contribution is 5.66. The van der Waals surface area contributed by atoms with Gasteiger partial charge in [0.25, 0.3) is 0 Å². The van der Waals surface area contributed by atoms with Gasteiger partial charge in [0.05, 0.1) is 11.9 Å². The van der Waals surface area contributed by atoms with Gasteiger partial charge in [0.1, 0.15) is 6.54 Å². The molecule has 2 fully saturated rings. The lowest BCUT2D eigenvalue weighted by molar-refractivity contribution is -0.137. The van der Waals surface area contributed by atoms with Gasteiger partial charge in [-0.2, -0.15) is 5.10 Å². The average molecular weight is 249 g/mol. The van der Waals surface area contributed by atoms with Crippen molar-refractivity contribution in [3.63, 3.8) is 0 Å². The van der Waals surface area contributed by atoms with Crippen molar-refractivity contribution >= 4 is 11.7 Å². The molecule has 1 aliphatic carbocycles. The van der Waals surface area contributed by atoms with Crippen molar-refractivity contribution in [2.24, 2.45) is 5.41 Å². The van der Waals surface area contributed by atoms with Crippen LogP contribution in [0.3, 0.4) is 0 Å². The summed E-state index contributed by atoms with van der Waals surface area (Å²) < 4.78 is 1.49. The normalized spacial score (nSPS) is 21.9. The summed E-state index contributed by atoms with van der Waals surface area (Å²) in [6.07, 6.45) is 10.4. The third kappa shape index (κ3) is 2.09. The van der Waals surface area contributed by atoms with E-state index in [0.29, 0.717) is 5.41 Å². The van der Waals surface area contributed by atoms with Crippen molar-refractivity contribution in [2.45, 2.75) is 38.6 Å². The minimum atomic E-state index is -0.850. The molecule has 3 rings (SSSR count). The molecule has 0 unspecified atom stereocenters. The predicted molar refractivity (Wildman–Crippen MR) is 67.6 cm³/mol. The van der Waals surface area contributed by atoms with Crippen LogP contribution in [0, 0.1) is 5.41 Å². The number of anilines is 1. The zero-order chi connectivity index (χ0) is 12.6. The first-order valence-electron chi connectivity index (χ1n) is 6.66. The van der Waals surface area contributed by atoms with Crippen LogP contribution < -0.4 is 4.90 Å².